The monoisotopic (exact) mass is 327 g/mol. The Hall–Kier alpha value is -1.62. The van der Waals surface area contributed by atoms with E-state index in [1.165, 1.54) is 18.2 Å². The molecular formula is C13H14ClN3O3S. The van der Waals surface area contributed by atoms with Gasteiger partial charge in [0.1, 0.15) is 10.9 Å². The van der Waals surface area contributed by atoms with Crippen LogP contribution in [0.4, 0.5) is 0 Å². The molecule has 0 bridgehead atoms. The minimum absolute atomic E-state index is 0.0165. The van der Waals surface area contributed by atoms with Crippen molar-refractivity contribution in [2.75, 3.05) is 6.54 Å². The summed E-state index contributed by atoms with van der Waals surface area (Å²) in [6.45, 7) is 0.211. The number of sulfonamides is 1. The molecule has 2 rings (SSSR count). The molecule has 6 nitrogen and oxygen atoms in total. The summed E-state index contributed by atoms with van der Waals surface area (Å²) in [6.07, 6.45) is 1.79. The van der Waals surface area contributed by atoms with Crippen molar-refractivity contribution in [3.05, 3.63) is 28.8 Å². The number of amides is 1. The van der Waals surface area contributed by atoms with Gasteiger partial charge in [-0.1, -0.05) is 18.0 Å². The molecule has 1 aromatic rings. The third kappa shape index (κ3) is 3.02. The quantitative estimate of drug-likeness (QED) is 0.901. The van der Waals surface area contributed by atoms with E-state index < -0.39 is 22.0 Å². The number of rotatable bonds is 3. The van der Waals surface area contributed by atoms with Gasteiger partial charge >= 0.3 is 0 Å². The summed E-state index contributed by atoms with van der Waals surface area (Å²) in [5.74, 6) is -0.675. The van der Waals surface area contributed by atoms with Gasteiger partial charge < -0.3 is 5.73 Å². The molecule has 0 saturated carbocycles. The molecule has 1 amide bonds. The van der Waals surface area contributed by atoms with Crippen LogP contribution in [0.2, 0.25) is 5.02 Å². The fourth-order valence-electron chi connectivity index (χ4n) is 2.37. The SMILES string of the molecule is N#Cc1ccc(Cl)c(S(=O)(=O)N2CCCCC2C(N)=O)c1. The molecule has 2 N–H and O–H groups in total. The normalized spacial score (nSPS) is 19.9. The number of benzene rings is 1. The van der Waals surface area contributed by atoms with Crippen LogP contribution in [-0.2, 0) is 14.8 Å². The Morgan fingerprint density at radius 3 is 2.76 bits per heavy atom. The van der Waals surface area contributed by atoms with E-state index in [1.807, 2.05) is 6.07 Å². The van der Waals surface area contributed by atoms with Crippen LogP contribution in [0.15, 0.2) is 23.1 Å². The predicted molar refractivity (Wildman–Crippen MR) is 76.9 cm³/mol. The minimum Gasteiger partial charge on any atom is -0.368 e. The summed E-state index contributed by atoms with van der Waals surface area (Å²) in [5.41, 5.74) is 5.48. The molecule has 1 aliphatic heterocycles. The molecular weight excluding hydrogens is 314 g/mol. The molecule has 1 aromatic carbocycles. The highest BCUT2D eigenvalue weighted by Crippen LogP contribution is 2.30. The molecule has 1 saturated heterocycles. The second kappa shape index (κ2) is 6.02. The Labute approximate surface area is 128 Å². The van der Waals surface area contributed by atoms with Crippen LogP contribution in [-0.4, -0.2) is 31.2 Å². The molecule has 1 aliphatic rings. The number of nitrogens with zero attached hydrogens (tertiary/aromatic N) is 2. The minimum atomic E-state index is -3.97. The lowest BCUT2D eigenvalue weighted by Gasteiger charge is -2.32. The van der Waals surface area contributed by atoms with Crippen LogP contribution in [0.1, 0.15) is 24.8 Å². The number of nitriles is 1. The first-order chi connectivity index (χ1) is 9.87. The molecule has 112 valence electrons. The van der Waals surface area contributed by atoms with Crippen molar-refractivity contribution in [1.82, 2.24) is 4.31 Å². The van der Waals surface area contributed by atoms with Gasteiger partial charge in [-0.05, 0) is 31.0 Å². The fourth-order valence-corrected chi connectivity index (χ4v) is 4.54. The van der Waals surface area contributed by atoms with E-state index in [9.17, 15) is 13.2 Å². The van der Waals surface area contributed by atoms with Gasteiger partial charge in [0.15, 0.2) is 0 Å². The maximum atomic E-state index is 12.7. The van der Waals surface area contributed by atoms with Crippen LogP contribution in [0.25, 0.3) is 0 Å². The van der Waals surface area contributed by atoms with Crippen molar-refractivity contribution in [3.8, 4) is 6.07 Å². The van der Waals surface area contributed by atoms with Crippen molar-refractivity contribution >= 4 is 27.5 Å². The van der Waals surface area contributed by atoms with E-state index in [2.05, 4.69) is 0 Å². The van der Waals surface area contributed by atoms with E-state index in [-0.39, 0.29) is 22.0 Å². The second-order valence-corrected chi connectivity index (χ2v) is 7.05. The number of carbonyl (C=O) groups excluding carboxylic acids is 1. The van der Waals surface area contributed by atoms with Gasteiger partial charge in [0.25, 0.3) is 0 Å². The lowest BCUT2D eigenvalue weighted by Crippen LogP contribution is -2.50. The lowest BCUT2D eigenvalue weighted by atomic mass is 10.0. The maximum Gasteiger partial charge on any atom is 0.245 e. The summed E-state index contributed by atoms with van der Waals surface area (Å²) < 4.78 is 26.5. The summed E-state index contributed by atoms with van der Waals surface area (Å²) in [6, 6.07) is 5.00. The van der Waals surface area contributed by atoms with E-state index in [1.54, 1.807) is 0 Å². The van der Waals surface area contributed by atoms with Gasteiger partial charge in [0.05, 0.1) is 16.7 Å². The van der Waals surface area contributed by atoms with Gasteiger partial charge in [0.2, 0.25) is 15.9 Å². The standard InChI is InChI=1S/C13H14ClN3O3S/c14-10-5-4-9(8-15)7-12(10)21(19,20)17-6-2-1-3-11(17)13(16)18/h4-5,7,11H,1-3,6H2,(H2,16,18). The van der Waals surface area contributed by atoms with E-state index in [4.69, 9.17) is 22.6 Å². The molecule has 1 heterocycles. The first-order valence-corrected chi connectivity index (χ1v) is 8.20. The highest BCUT2D eigenvalue weighted by Gasteiger charge is 2.37. The van der Waals surface area contributed by atoms with E-state index in [0.717, 1.165) is 10.7 Å². The van der Waals surface area contributed by atoms with Crippen LogP contribution in [0, 0.1) is 11.3 Å². The summed E-state index contributed by atoms with van der Waals surface area (Å²) in [5, 5.41) is 8.91. The second-order valence-electron chi connectivity index (χ2n) is 4.79. The third-order valence-electron chi connectivity index (χ3n) is 3.43. The molecule has 0 aliphatic carbocycles. The number of piperidine rings is 1. The highest BCUT2D eigenvalue weighted by atomic mass is 35.5. The van der Waals surface area contributed by atoms with Gasteiger partial charge in [-0.15, -0.1) is 0 Å². The molecule has 8 heteroatoms. The lowest BCUT2D eigenvalue weighted by molar-refractivity contribution is -0.122. The number of primary amides is 1. The molecule has 0 spiro atoms. The average molecular weight is 328 g/mol. The summed E-state index contributed by atoms with van der Waals surface area (Å²) >= 11 is 5.95. The summed E-state index contributed by atoms with van der Waals surface area (Å²) in [7, 11) is -3.97. The Morgan fingerprint density at radius 1 is 1.43 bits per heavy atom. The first-order valence-electron chi connectivity index (χ1n) is 6.38. The highest BCUT2D eigenvalue weighted by molar-refractivity contribution is 7.89. The topological polar surface area (TPSA) is 104 Å². The van der Waals surface area contributed by atoms with Crippen molar-refractivity contribution in [2.45, 2.75) is 30.2 Å². The number of hydrogen-bond donors (Lipinski definition) is 1. The van der Waals surface area contributed by atoms with Gasteiger partial charge in [-0.3, -0.25) is 4.79 Å². The zero-order valence-electron chi connectivity index (χ0n) is 11.1. The third-order valence-corrected chi connectivity index (χ3v) is 5.82. The van der Waals surface area contributed by atoms with Crippen molar-refractivity contribution in [3.63, 3.8) is 0 Å². The van der Waals surface area contributed by atoms with Gasteiger partial charge in [-0.25, -0.2) is 8.42 Å². The van der Waals surface area contributed by atoms with E-state index in [0.29, 0.717) is 12.8 Å². The smallest absolute Gasteiger partial charge is 0.245 e. The van der Waals surface area contributed by atoms with Crippen LogP contribution < -0.4 is 5.73 Å². The van der Waals surface area contributed by atoms with Crippen LogP contribution in [0.5, 0.6) is 0 Å². The van der Waals surface area contributed by atoms with Crippen molar-refractivity contribution < 1.29 is 13.2 Å². The van der Waals surface area contributed by atoms with Crippen LogP contribution >= 0.6 is 11.6 Å². The van der Waals surface area contributed by atoms with E-state index >= 15 is 0 Å². The van der Waals surface area contributed by atoms with Gasteiger partial charge in [0, 0.05) is 6.54 Å². The Bertz CT molecular complexity index is 712. The largest absolute Gasteiger partial charge is 0.368 e. The molecule has 0 aromatic heterocycles. The maximum absolute atomic E-state index is 12.7. The molecule has 1 fully saturated rings. The van der Waals surface area contributed by atoms with Crippen molar-refractivity contribution in [1.29, 1.82) is 5.26 Å². The molecule has 1 unspecified atom stereocenters. The predicted octanol–water partition coefficient (Wildman–Crippen LogP) is 1.24. The number of halogens is 1. The first kappa shape index (κ1) is 15.8. The Morgan fingerprint density at radius 2 is 2.14 bits per heavy atom. The number of carbonyl (C=O) groups is 1. The van der Waals surface area contributed by atoms with Crippen molar-refractivity contribution in [2.24, 2.45) is 5.73 Å². The number of nitrogens with two attached hydrogens (primary N) is 1. The van der Waals surface area contributed by atoms with Crippen LogP contribution in [0.3, 0.4) is 0 Å². The Balaban J connectivity index is 2.50. The average Bonchev–Trinajstić information content (AvgIpc) is 2.47. The molecule has 1 atom stereocenters. The summed E-state index contributed by atoms with van der Waals surface area (Å²) in [4.78, 5) is 11.3. The zero-order valence-corrected chi connectivity index (χ0v) is 12.7. The Kier molecular flexibility index (Phi) is 4.52. The fraction of sp³-hybridized carbons (Fsp3) is 0.385. The molecule has 21 heavy (non-hydrogen) atoms. The molecule has 0 radical (unpaired) electrons. The van der Waals surface area contributed by atoms with Gasteiger partial charge in [-0.2, -0.15) is 9.57 Å². The number of hydrogen-bond acceptors (Lipinski definition) is 4. The zero-order chi connectivity index (χ0) is 15.6.